The second-order valence-electron chi connectivity index (χ2n) is 7.07. The number of halogens is 1. The van der Waals surface area contributed by atoms with Gasteiger partial charge in [0.25, 0.3) is 11.8 Å². The highest BCUT2D eigenvalue weighted by Gasteiger charge is 2.11. The van der Waals surface area contributed by atoms with Gasteiger partial charge in [-0.3, -0.25) is 9.59 Å². The number of amides is 2. The van der Waals surface area contributed by atoms with Gasteiger partial charge in [0.05, 0.1) is 18.4 Å². The molecule has 0 aliphatic carbocycles. The summed E-state index contributed by atoms with van der Waals surface area (Å²) in [6.07, 6.45) is 3.37. The SMILES string of the molecule is O=C(CNC(=O)c1cccc(Cl)c1)N/N=C/c1cn(-c2ccccc2)nc1-c1ccccc1. The third-order valence-electron chi connectivity index (χ3n) is 4.70. The Bertz CT molecular complexity index is 1290. The lowest BCUT2D eigenvalue weighted by Crippen LogP contribution is -2.34. The summed E-state index contributed by atoms with van der Waals surface area (Å²) in [6.45, 7) is -0.225. The van der Waals surface area contributed by atoms with Gasteiger partial charge >= 0.3 is 0 Å². The van der Waals surface area contributed by atoms with Crippen molar-refractivity contribution in [3.63, 3.8) is 0 Å². The number of rotatable bonds is 7. The molecular weight excluding hydrogens is 438 g/mol. The van der Waals surface area contributed by atoms with Gasteiger partial charge in [0.1, 0.15) is 5.69 Å². The van der Waals surface area contributed by atoms with Crippen LogP contribution in [0.3, 0.4) is 0 Å². The normalized spacial score (nSPS) is 10.8. The van der Waals surface area contributed by atoms with Crippen molar-refractivity contribution < 1.29 is 9.59 Å². The molecule has 4 aromatic rings. The van der Waals surface area contributed by atoms with E-state index in [0.29, 0.717) is 10.6 Å². The monoisotopic (exact) mass is 457 g/mol. The Labute approximate surface area is 195 Å². The summed E-state index contributed by atoms with van der Waals surface area (Å²) in [7, 11) is 0. The van der Waals surface area contributed by atoms with Gasteiger partial charge in [-0.2, -0.15) is 10.2 Å². The number of hydrazone groups is 1. The van der Waals surface area contributed by atoms with Crippen molar-refractivity contribution in [2.45, 2.75) is 0 Å². The average Bonchev–Trinajstić information content (AvgIpc) is 3.28. The molecule has 164 valence electrons. The molecule has 8 heteroatoms. The zero-order valence-electron chi connectivity index (χ0n) is 17.5. The summed E-state index contributed by atoms with van der Waals surface area (Å²) in [6, 6.07) is 25.9. The molecule has 1 heterocycles. The second kappa shape index (κ2) is 10.4. The van der Waals surface area contributed by atoms with Crippen LogP contribution in [0.25, 0.3) is 16.9 Å². The van der Waals surface area contributed by atoms with Gasteiger partial charge in [-0.15, -0.1) is 0 Å². The Morgan fingerprint density at radius 3 is 2.42 bits per heavy atom. The molecule has 3 aromatic carbocycles. The third kappa shape index (κ3) is 5.72. The summed E-state index contributed by atoms with van der Waals surface area (Å²) in [4.78, 5) is 24.3. The third-order valence-corrected chi connectivity index (χ3v) is 4.93. The van der Waals surface area contributed by atoms with Crippen molar-refractivity contribution in [3.05, 3.63) is 107 Å². The molecule has 2 amide bonds. The Balaban J connectivity index is 1.44. The summed E-state index contributed by atoms with van der Waals surface area (Å²) in [5, 5.41) is 11.7. The van der Waals surface area contributed by atoms with Gasteiger partial charge in [0, 0.05) is 27.9 Å². The highest BCUT2D eigenvalue weighted by atomic mass is 35.5. The van der Waals surface area contributed by atoms with Crippen LogP contribution in [-0.4, -0.2) is 34.4 Å². The van der Waals surface area contributed by atoms with Crippen molar-refractivity contribution in [1.29, 1.82) is 0 Å². The van der Waals surface area contributed by atoms with E-state index in [1.807, 2.05) is 66.9 Å². The zero-order chi connectivity index (χ0) is 23.0. The maximum atomic E-state index is 12.1. The van der Waals surface area contributed by atoms with E-state index in [9.17, 15) is 9.59 Å². The molecule has 0 radical (unpaired) electrons. The van der Waals surface area contributed by atoms with Crippen LogP contribution in [0, 0.1) is 0 Å². The molecule has 0 atom stereocenters. The quantitative estimate of drug-likeness (QED) is 0.324. The van der Waals surface area contributed by atoms with Gasteiger partial charge in [-0.05, 0) is 30.3 Å². The number of carbonyl (C=O) groups is 2. The number of nitrogens with zero attached hydrogens (tertiary/aromatic N) is 3. The molecule has 0 saturated carbocycles. The first kappa shape index (κ1) is 22.0. The van der Waals surface area contributed by atoms with E-state index < -0.39 is 11.8 Å². The number of nitrogens with one attached hydrogen (secondary N) is 2. The molecule has 0 bridgehead atoms. The van der Waals surface area contributed by atoms with Crippen LogP contribution >= 0.6 is 11.6 Å². The predicted molar refractivity (Wildman–Crippen MR) is 129 cm³/mol. The molecule has 0 unspecified atom stereocenters. The highest BCUT2D eigenvalue weighted by molar-refractivity contribution is 6.31. The number of hydrogen-bond acceptors (Lipinski definition) is 4. The molecule has 0 aliphatic heterocycles. The lowest BCUT2D eigenvalue weighted by Gasteiger charge is -2.04. The van der Waals surface area contributed by atoms with Gasteiger partial charge in [0.2, 0.25) is 0 Å². The van der Waals surface area contributed by atoms with Crippen LogP contribution in [0.15, 0.2) is 96.2 Å². The van der Waals surface area contributed by atoms with Crippen molar-refractivity contribution in [1.82, 2.24) is 20.5 Å². The topological polar surface area (TPSA) is 88.4 Å². The minimum atomic E-state index is -0.460. The fourth-order valence-electron chi connectivity index (χ4n) is 3.12. The van der Waals surface area contributed by atoms with Crippen molar-refractivity contribution in [2.24, 2.45) is 5.10 Å². The first-order valence-corrected chi connectivity index (χ1v) is 10.5. The number of benzene rings is 3. The van der Waals surface area contributed by atoms with E-state index in [-0.39, 0.29) is 6.54 Å². The molecule has 7 nitrogen and oxygen atoms in total. The Kier molecular flexibility index (Phi) is 6.92. The first-order valence-electron chi connectivity index (χ1n) is 10.2. The Hall–Kier alpha value is -4.23. The Morgan fingerprint density at radius 2 is 1.70 bits per heavy atom. The summed E-state index contributed by atoms with van der Waals surface area (Å²) >= 11 is 5.89. The number of carbonyl (C=O) groups excluding carboxylic acids is 2. The van der Waals surface area contributed by atoms with Crippen LogP contribution in [0.2, 0.25) is 5.02 Å². The second-order valence-corrected chi connectivity index (χ2v) is 7.50. The molecule has 0 spiro atoms. The Morgan fingerprint density at radius 1 is 0.970 bits per heavy atom. The number of aromatic nitrogens is 2. The summed E-state index contributed by atoms with van der Waals surface area (Å²) < 4.78 is 1.76. The van der Waals surface area contributed by atoms with Crippen molar-refractivity contribution >= 4 is 29.6 Å². The molecule has 4 rings (SSSR count). The van der Waals surface area contributed by atoms with Crippen LogP contribution in [-0.2, 0) is 4.79 Å². The summed E-state index contributed by atoms with van der Waals surface area (Å²) in [5.74, 6) is -0.856. The van der Waals surface area contributed by atoms with Crippen molar-refractivity contribution in [3.8, 4) is 16.9 Å². The molecule has 33 heavy (non-hydrogen) atoms. The summed E-state index contributed by atoms with van der Waals surface area (Å²) in [5.41, 5.74) is 6.09. The van der Waals surface area contributed by atoms with Gasteiger partial charge < -0.3 is 5.32 Å². The fourth-order valence-corrected chi connectivity index (χ4v) is 3.31. The van der Waals surface area contributed by atoms with Crippen LogP contribution in [0.1, 0.15) is 15.9 Å². The molecule has 0 fully saturated rings. The standard InChI is InChI=1S/C25H20ClN5O2/c26-21-11-7-10-19(14-21)25(33)27-16-23(32)29-28-15-20-17-31(22-12-5-2-6-13-22)30-24(20)18-8-3-1-4-9-18/h1-15,17H,16H2,(H,27,33)(H,29,32)/b28-15+. The van der Waals surface area contributed by atoms with E-state index in [2.05, 4.69) is 15.8 Å². The zero-order valence-corrected chi connectivity index (χ0v) is 18.2. The van der Waals surface area contributed by atoms with Crippen LogP contribution in [0.4, 0.5) is 0 Å². The van der Waals surface area contributed by atoms with Crippen LogP contribution < -0.4 is 10.7 Å². The fraction of sp³-hybridized carbons (Fsp3) is 0.0400. The van der Waals surface area contributed by atoms with E-state index in [4.69, 9.17) is 16.7 Å². The minimum Gasteiger partial charge on any atom is -0.343 e. The first-order chi connectivity index (χ1) is 16.1. The van der Waals surface area contributed by atoms with Gasteiger partial charge in [-0.25, -0.2) is 10.1 Å². The lowest BCUT2D eigenvalue weighted by molar-refractivity contribution is -0.120. The van der Waals surface area contributed by atoms with E-state index >= 15 is 0 Å². The molecular formula is C25H20ClN5O2. The minimum absolute atomic E-state index is 0.225. The highest BCUT2D eigenvalue weighted by Crippen LogP contribution is 2.22. The maximum Gasteiger partial charge on any atom is 0.259 e. The van der Waals surface area contributed by atoms with Crippen LogP contribution in [0.5, 0.6) is 0 Å². The van der Waals surface area contributed by atoms with E-state index in [1.54, 1.807) is 22.9 Å². The maximum absolute atomic E-state index is 12.1. The van der Waals surface area contributed by atoms with Crippen molar-refractivity contribution in [2.75, 3.05) is 6.54 Å². The van der Waals surface area contributed by atoms with E-state index in [1.165, 1.54) is 12.3 Å². The van der Waals surface area contributed by atoms with E-state index in [0.717, 1.165) is 22.5 Å². The molecule has 1 aromatic heterocycles. The molecule has 2 N–H and O–H groups in total. The average molecular weight is 458 g/mol. The number of para-hydroxylation sites is 1. The number of hydrogen-bond donors (Lipinski definition) is 2. The molecule has 0 aliphatic rings. The smallest absolute Gasteiger partial charge is 0.259 e. The predicted octanol–water partition coefficient (Wildman–Crippen LogP) is 4.07. The van der Waals surface area contributed by atoms with Gasteiger partial charge in [-0.1, -0.05) is 66.2 Å². The lowest BCUT2D eigenvalue weighted by atomic mass is 10.1. The van der Waals surface area contributed by atoms with Gasteiger partial charge in [0.15, 0.2) is 0 Å². The molecule has 0 saturated heterocycles. The largest absolute Gasteiger partial charge is 0.343 e.